The molecule has 5 N–H and O–H groups in total. The highest BCUT2D eigenvalue weighted by atomic mass is 16.2. The lowest BCUT2D eigenvalue weighted by molar-refractivity contribution is -0.140. The SMILES string of the molecule is CC(=O)/C=C(\N)C(=O)N[C@H](C(=O)N1CCCCC1N=N[C@@H](C[C@@H]1CCNC1=O)C(=O)C(=O)NC1CCCC1)C(C)C. The van der Waals surface area contributed by atoms with Gasteiger partial charge in [0.15, 0.2) is 5.78 Å². The second kappa shape index (κ2) is 14.8. The highest BCUT2D eigenvalue weighted by molar-refractivity contribution is 6.38. The lowest BCUT2D eigenvalue weighted by Crippen LogP contribution is -2.55. The predicted octanol–water partition coefficient (Wildman–Crippen LogP) is 0.872. The Morgan fingerprint density at radius 3 is 2.34 bits per heavy atom. The average Bonchev–Trinajstić information content (AvgIpc) is 3.59. The van der Waals surface area contributed by atoms with Gasteiger partial charge in [0.2, 0.25) is 17.6 Å². The van der Waals surface area contributed by atoms with Gasteiger partial charge in [0.25, 0.3) is 11.8 Å². The lowest BCUT2D eigenvalue weighted by Gasteiger charge is -2.36. The van der Waals surface area contributed by atoms with Crippen LogP contribution in [0.1, 0.15) is 78.6 Å². The smallest absolute Gasteiger partial charge is 0.289 e. The molecule has 0 aromatic carbocycles. The summed E-state index contributed by atoms with van der Waals surface area (Å²) in [7, 11) is 0. The number of Topliss-reactive ketones (excluding diaryl/α,β-unsaturated/α-hetero) is 1. The van der Waals surface area contributed by atoms with Gasteiger partial charge in [-0.3, -0.25) is 28.8 Å². The summed E-state index contributed by atoms with van der Waals surface area (Å²) in [5.41, 5.74) is 5.42. The Bertz CT molecular complexity index is 1080. The molecule has 4 atom stereocenters. The third kappa shape index (κ3) is 8.92. The number of ketones is 2. The van der Waals surface area contributed by atoms with E-state index in [0.717, 1.165) is 44.6 Å². The van der Waals surface area contributed by atoms with Gasteiger partial charge in [-0.15, -0.1) is 0 Å². The van der Waals surface area contributed by atoms with Crippen molar-refractivity contribution in [3.05, 3.63) is 11.8 Å². The monoisotopic (exact) mass is 573 g/mol. The molecule has 3 fully saturated rings. The number of nitrogens with two attached hydrogens (primary N) is 1. The van der Waals surface area contributed by atoms with E-state index >= 15 is 0 Å². The number of amides is 4. The zero-order chi connectivity index (χ0) is 30.1. The van der Waals surface area contributed by atoms with Crippen molar-refractivity contribution in [2.45, 2.75) is 103 Å². The van der Waals surface area contributed by atoms with Crippen LogP contribution >= 0.6 is 0 Å². The Kier molecular flexibility index (Phi) is 11.5. The predicted molar refractivity (Wildman–Crippen MR) is 149 cm³/mol. The van der Waals surface area contributed by atoms with Crippen LogP contribution in [0.2, 0.25) is 0 Å². The van der Waals surface area contributed by atoms with Crippen LogP contribution in [0, 0.1) is 11.8 Å². The van der Waals surface area contributed by atoms with Gasteiger partial charge < -0.3 is 26.6 Å². The Balaban J connectivity index is 1.78. The number of likely N-dealkylation sites (tertiary alicyclic amines) is 1. The maximum atomic E-state index is 13.6. The van der Waals surface area contributed by atoms with Crippen LogP contribution in [0.25, 0.3) is 0 Å². The molecular formula is C28H43N7O6. The maximum Gasteiger partial charge on any atom is 0.289 e. The minimum Gasteiger partial charge on any atom is -0.394 e. The van der Waals surface area contributed by atoms with Gasteiger partial charge in [-0.2, -0.15) is 10.2 Å². The normalized spacial score (nSPS) is 23.4. The van der Waals surface area contributed by atoms with Crippen LogP contribution in [0.3, 0.4) is 0 Å². The van der Waals surface area contributed by atoms with Crippen molar-refractivity contribution in [3.63, 3.8) is 0 Å². The van der Waals surface area contributed by atoms with E-state index in [4.69, 9.17) is 5.73 Å². The van der Waals surface area contributed by atoms with Gasteiger partial charge in [0.1, 0.15) is 23.9 Å². The molecule has 13 nitrogen and oxygen atoms in total. The molecule has 226 valence electrons. The molecule has 1 saturated carbocycles. The van der Waals surface area contributed by atoms with Gasteiger partial charge in [0, 0.05) is 31.1 Å². The molecule has 3 rings (SSSR count). The fraction of sp³-hybridized carbons (Fsp3) is 0.714. The lowest BCUT2D eigenvalue weighted by atomic mass is 9.96. The third-order valence-corrected chi connectivity index (χ3v) is 7.82. The highest BCUT2D eigenvalue weighted by Crippen LogP contribution is 2.24. The van der Waals surface area contributed by atoms with E-state index in [1.54, 1.807) is 13.8 Å². The second-order valence-corrected chi connectivity index (χ2v) is 11.5. The molecule has 13 heteroatoms. The summed E-state index contributed by atoms with van der Waals surface area (Å²) in [5, 5.41) is 16.8. The number of allylic oxidation sites excluding steroid dienone is 1. The number of hydrogen-bond donors (Lipinski definition) is 4. The van der Waals surface area contributed by atoms with Crippen molar-refractivity contribution in [1.82, 2.24) is 20.9 Å². The van der Waals surface area contributed by atoms with Crippen molar-refractivity contribution in [2.24, 2.45) is 27.8 Å². The van der Waals surface area contributed by atoms with Gasteiger partial charge in [0.05, 0.1) is 0 Å². The third-order valence-electron chi connectivity index (χ3n) is 7.82. The van der Waals surface area contributed by atoms with Gasteiger partial charge in [-0.25, -0.2) is 0 Å². The molecule has 2 heterocycles. The van der Waals surface area contributed by atoms with E-state index in [1.165, 1.54) is 11.8 Å². The van der Waals surface area contributed by atoms with Crippen LogP contribution < -0.4 is 21.7 Å². The van der Waals surface area contributed by atoms with E-state index in [2.05, 4.69) is 26.2 Å². The summed E-state index contributed by atoms with van der Waals surface area (Å²) in [6, 6.07) is -2.14. The van der Waals surface area contributed by atoms with Crippen molar-refractivity contribution in [1.29, 1.82) is 0 Å². The number of rotatable bonds is 12. The zero-order valence-corrected chi connectivity index (χ0v) is 24.2. The standard InChI is InChI=1S/C28H43N7O6/c1-16(2)23(32-26(39)20(29)14-17(3)36)28(41)35-13-7-6-10-22(35)34-33-21(15-18-11-12-30-25(18)38)24(37)27(40)31-19-8-4-5-9-19/h14,16,18-19,21-23H,4-13,15,29H2,1-3H3,(H,30,38)(H,31,40)(H,32,39)/b20-14-,34-33?/t18-,21-,22?,23-/m0/s1. The number of carbonyl (C=O) groups excluding carboxylic acids is 6. The molecule has 0 aromatic rings. The largest absolute Gasteiger partial charge is 0.394 e. The Morgan fingerprint density at radius 2 is 1.73 bits per heavy atom. The maximum absolute atomic E-state index is 13.6. The molecule has 0 bridgehead atoms. The zero-order valence-electron chi connectivity index (χ0n) is 24.2. The molecule has 2 aliphatic heterocycles. The first kappa shape index (κ1) is 31.9. The number of azo groups is 1. The van der Waals surface area contributed by atoms with E-state index in [0.29, 0.717) is 25.9 Å². The van der Waals surface area contributed by atoms with Crippen LogP contribution in [-0.4, -0.2) is 77.5 Å². The first-order valence-corrected chi connectivity index (χ1v) is 14.6. The molecule has 41 heavy (non-hydrogen) atoms. The van der Waals surface area contributed by atoms with E-state index in [-0.39, 0.29) is 35.9 Å². The number of piperidine rings is 1. The summed E-state index contributed by atoms with van der Waals surface area (Å²) >= 11 is 0. The molecule has 0 spiro atoms. The fourth-order valence-electron chi connectivity index (χ4n) is 5.47. The van der Waals surface area contributed by atoms with Crippen molar-refractivity contribution in [2.75, 3.05) is 13.1 Å². The van der Waals surface area contributed by atoms with Gasteiger partial charge in [-0.1, -0.05) is 26.7 Å². The first-order chi connectivity index (χ1) is 19.5. The van der Waals surface area contributed by atoms with Crippen LogP contribution in [0.15, 0.2) is 22.0 Å². The highest BCUT2D eigenvalue weighted by Gasteiger charge is 2.37. The topological polar surface area (TPSA) is 192 Å². The number of carbonyl (C=O) groups is 6. The number of nitrogens with one attached hydrogen (secondary N) is 3. The van der Waals surface area contributed by atoms with Crippen molar-refractivity contribution in [3.8, 4) is 0 Å². The summed E-state index contributed by atoms with van der Waals surface area (Å²) in [6.45, 7) is 5.68. The molecule has 1 aliphatic carbocycles. The molecule has 0 radical (unpaired) electrons. The minimum absolute atomic E-state index is 0.0484. The molecule has 0 aromatic heterocycles. The average molecular weight is 574 g/mol. The summed E-state index contributed by atoms with van der Waals surface area (Å²) in [5.74, 6) is -3.91. The molecule has 1 unspecified atom stereocenters. The first-order valence-electron chi connectivity index (χ1n) is 14.6. The quantitative estimate of drug-likeness (QED) is 0.151. The van der Waals surface area contributed by atoms with Gasteiger partial charge in [-0.05, 0) is 57.8 Å². The minimum atomic E-state index is -1.15. The number of nitrogens with zero attached hydrogens (tertiary/aromatic N) is 3. The van der Waals surface area contributed by atoms with Crippen molar-refractivity contribution < 1.29 is 28.8 Å². The Labute approximate surface area is 240 Å². The molecular weight excluding hydrogens is 530 g/mol. The number of hydrogen-bond acceptors (Lipinski definition) is 9. The van der Waals surface area contributed by atoms with Crippen LogP contribution in [0.5, 0.6) is 0 Å². The van der Waals surface area contributed by atoms with E-state index < -0.39 is 47.5 Å². The van der Waals surface area contributed by atoms with E-state index in [9.17, 15) is 28.8 Å². The molecule has 3 aliphatic rings. The molecule has 4 amide bonds. The summed E-state index contributed by atoms with van der Waals surface area (Å²) in [6.07, 6.45) is 6.49. The second-order valence-electron chi connectivity index (χ2n) is 11.5. The Morgan fingerprint density at radius 1 is 1.05 bits per heavy atom. The van der Waals surface area contributed by atoms with Crippen LogP contribution in [0.4, 0.5) is 0 Å². The van der Waals surface area contributed by atoms with Crippen LogP contribution in [-0.2, 0) is 28.8 Å². The van der Waals surface area contributed by atoms with Crippen molar-refractivity contribution >= 4 is 35.2 Å². The molecule has 2 saturated heterocycles. The fourth-order valence-corrected chi connectivity index (χ4v) is 5.47. The Hall–Kier alpha value is -3.64. The summed E-state index contributed by atoms with van der Waals surface area (Å²) in [4.78, 5) is 77.3. The summed E-state index contributed by atoms with van der Waals surface area (Å²) < 4.78 is 0. The van der Waals surface area contributed by atoms with E-state index in [1.807, 2.05) is 0 Å². The van der Waals surface area contributed by atoms with Gasteiger partial charge >= 0.3 is 0 Å².